The van der Waals surface area contributed by atoms with Crippen LogP contribution in [0.15, 0.2) is 33.8 Å². The van der Waals surface area contributed by atoms with E-state index in [1.54, 1.807) is 18.3 Å². The molecule has 0 saturated heterocycles. The highest BCUT2D eigenvalue weighted by molar-refractivity contribution is 7.71. The zero-order valence-corrected chi connectivity index (χ0v) is 15.3. The minimum atomic E-state index is -0.109. The molecule has 0 fully saturated rings. The van der Waals surface area contributed by atoms with Crippen LogP contribution in [0.1, 0.15) is 16.8 Å². The maximum absolute atomic E-state index is 12.8. The van der Waals surface area contributed by atoms with Gasteiger partial charge in [-0.05, 0) is 24.4 Å². The monoisotopic (exact) mass is 393 g/mol. The average Bonchev–Trinajstić information content (AvgIpc) is 2.58. The highest BCUT2D eigenvalue weighted by Gasteiger charge is 2.19. The van der Waals surface area contributed by atoms with Crippen LogP contribution < -0.4 is 5.43 Å². The van der Waals surface area contributed by atoms with Crippen LogP contribution in [0.5, 0.6) is 0 Å². The number of nitrogens with zero attached hydrogens (tertiary/aromatic N) is 2. The lowest BCUT2D eigenvalue weighted by Crippen LogP contribution is -2.32. The van der Waals surface area contributed by atoms with E-state index in [0.29, 0.717) is 44.4 Å². The van der Waals surface area contributed by atoms with Crippen molar-refractivity contribution >= 4 is 46.4 Å². The van der Waals surface area contributed by atoms with Crippen molar-refractivity contribution in [1.82, 2.24) is 14.9 Å². The SMILES string of the molecule is O=c1c(CN2CCc3[nH]c(=S)ncc3C2)coc2c(Cl)cc(Cl)cc12. The van der Waals surface area contributed by atoms with Gasteiger partial charge in [0.05, 0.1) is 16.7 Å². The van der Waals surface area contributed by atoms with Crippen LogP contribution in [0.4, 0.5) is 0 Å². The Morgan fingerprint density at radius 3 is 3.04 bits per heavy atom. The van der Waals surface area contributed by atoms with Gasteiger partial charge in [-0.25, -0.2) is 4.98 Å². The Kier molecular flexibility index (Phi) is 4.37. The molecule has 5 nitrogen and oxygen atoms in total. The molecule has 0 amide bonds. The molecule has 0 radical (unpaired) electrons. The number of fused-ring (bicyclic) bond motifs is 2. The van der Waals surface area contributed by atoms with Crippen molar-refractivity contribution in [2.45, 2.75) is 19.5 Å². The van der Waals surface area contributed by atoms with E-state index in [0.717, 1.165) is 24.2 Å². The molecule has 1 aromatic carbocycles. The quantitative estimate of drug-likeness (QED) is 0.663. The number of aromatic amines is 1. The summed E-state index contributed by atoms with van der Waals surface area (Å²) in [7, 11) is 0. The van der Waals surface area contributed by atoms with E-state index in [2.05, 4.69) is 14.9 Å². The molecule has 1 aliphatic rings. The molecule has 2 aromatic heterocycles. The third-order valence-corrected chi connectivity index (χ3v) is 5.02. The molecule has 4 rings (SSSR count). The summed E-state index contributed by atoms with van der Waals surface area (Å²) in [6.45, 7) is 2.00. The van der Waals surface area contributed by atoms with Crippen molar-refractivity contribution in [2.75, 3.05) is 6.54 Å². The van der Waals surface area contributed by atoms with E-state index < -0.39 is 0 Å². The molecular formula is C17H13Cl2N3O2S. The number of nitrogens with one attached hydrogen (secondary N) is 1. The fraction of sp³-hybridized carbons (Fsp3) is 0.235. The lowest BCUT2D eigenvalue weighted by Gasteiger charge is -2.27. The van der Waals surface area contributed by atoms with Gasteiger partial charge < -0.3 is 9.40 Å². The molecule has 3 aromatic rings. The predicted octanol–water partition coefficient (Wildman–Crippen LogP) is 4.11. The molecule has 0 saturated carbocycles. The van der Waals surface area contributed by atoms with Gasteiger partial charge in [-0.15, -0.1) is 0 Å². The summed E-state index contributed by atoms with van der Waals surface area (Å²) < 4.78 is 6.08. The van der Waals surface area contributed by atoms with Crippen LogP contribution in [0.3, 0.4) is 0 Å². The number of hydrogen-bond acceptors (Lipinski definition) is 5. The summed E-state index contributed by atoms with van der Waals surface area (Å²) in [5, 5.41) is 1.15. The molecule has 128 valence electrons. The van der Waals surface area contributed by atoms with Crippen molar-refractivity contribution in [3.63, 3.8) is 0 Å². The Morgan fingerprint density at radius 2 is 2.20 bits per heavy atom. The lowest BCUT2D eigenvalue weighted by atomic mass is 10.1. The minimum absolute atomic E-state index is 0.109. The van der Waals surface area contributed by atoms with Crippen molar-refractivity contribution in [3.8, 4) is 0 Å². The number of aromatic nitrogens is 2. The molecule has 1 aliphatic heterocycles. The van der Waals surface area contributed by atoms with Crippen LogP contribution in [0.2, 0.25) is 10.0 Å². The van der Waals surface area contributed by atoms with Crippen molar-refractivity contribution < 1.29 is 4.42 Å². The van der Waals surface area contributed by atoms with E-state index in [1.807, 2.05) is 0 Å². The first-order chi connectivity index (χ1) is 12.0. The Bertz CT molecular complexity index is 1090. The normalized spacial score (nSPS) is 14.6. The zero-order chi connectivity index (χ0) is 17.6. The van der Waals surface area contributed by atoms with Crippen LogP contribution in [-0.4, -0.2) is 21.4 Å². The fourth-order valence-electron chi connectivity index (χ4n) is 3.10. The largest absolute Gasteiger partial charge is 0.462 e. The van der Waals surface area contributed by atoms with Gasteiger partial charge in [0.1, 0.15) is 0 Å². The molecule has 0 spiro atoms. The zero-order valence-electron chi connectivity index (χ0n) is 13.0. The highest BCUT2D eigenvalue weighted by atomic mass is 35.5. The van der Waals surface area contributed by atoms with Crippen LogP contribution >= 0.6 is 35.4 Å². The lowest BCUT2D eigenvalue weighted by molar-refractivity contribution is 0.240. The van der Waals surface area contributed by atoms with Gasteiger partial charge >= 0.3 is 0 Å². The van der Waals surface area contributed by atoms with E-state index in [9.17, 15) is 4.79 Å². The van der Waals surface area contributed by atoms with Gasteiger partial charge in [0.2, 0.25) is 0 Å². The minimum Gasteiger partial charge on any atom is -0.462 e. The first kappa shape index (κ1) is 16.7. The molecule has 0 aliphatic carbocycles. The van der Waals surface area contributed by atoms with Crippen molar-refractivity contribution in [2.24, 2.45) is 0 Å². The van der Waals surface area contributed by atoms with Crippen LogP contribution in [-0.2, 0) is 19.5 Å². The molecule has 3 heterocycles. The number of halogens is 2. The number of hydrogen-bond donors (Lipinski definition) is 1. The summed E-state index contributed by atoms with van der Waals surface area (Å²) in [6, 6.07) is 3.15. The molecule has 1 N–H and O–H groups in total. The van der Waals surface area contributed by atoms with E-state index >= 15 is 0 Å². The van der Waals surface area contributed by atoms with Gasteiger partial charge in [-0.1, -0.05) is 23.2 Å². The smallest absolute Gasteiger partial charge is 0.197 e. The highest BCUT2D eigenvalue weighted by Crippen LogP contribution is 2.27. The van der Waals surface area contributed by atoms with Gasteiger partial charge in [-0.2, -0.15) is 0 Å². The van der Waals surface area contributed by atoms with Crippen LogP contribution in [0, 0.1) is 4.77 Å². The molecule has 8 heteroatoms. The molecular weight excluding hydrogens is 381 g/mol. The second-order valence-electron chi connectivity index (χ2n) is 6.01. The number of rotatable bonds is 2. The van der Waals surface area contributed by atoms with Gasteiger partial charge in [0.15, 0.2) is 15.8 Å². The number of benzene rings is 1. The Hall–Kier alpha value is -1.73. The summed E-state index contributed by atoms with van der Waals surface area (Å²) in [5.41, 5.74) is 3.03. The summed E-state index contributed by atoms with van der Waals surface area (Å²) >= 11 is 17.2. The van der Waals surface area contributed by atoms with E-state index in [4.69, 9.17) is 39.8 Å². The van der Waals surface area contributed by atoms with Crippen LogP contribution in [0.25, 0.3) is 11.0 Å². The third kappa shape index (κ3) is 3.22. The topological polar surface area (TPSA) is 62.1 Å². The van der Waals surface area contributed by atoms with Crippen molar-refractivity contribution in [1.29, 1.82) is 0 Å². The van der Waals surface area contributed by atoms with Gasteiger partial charge in [-0.3, -0.25) is 9.69 Å². The second kappa shape index (κ2) is 6.53. The Morgan fingerprint density at radius 1 is 1.36 bits per heavy atom. The summed E-state index contributed by atoms with van der Waals surface area (Å²) in [4.78, 5) is 22.2. The maximum Gasteiger partial charge on any atom is 0.197 e. The first-order valence-corrected chi connectivity index (χ1v) is 8.86. The molecule has 0 atom stereocenters. The van der Waals surface area contributed by atoms with E-state index in [1.165, 1.54) is 6.26 Å². The fourth-order valence-corrected chi connectivity index (χ4v) is 3.81. The van der Waals surface area contributed by atoms with Gasteiger partial charge in [0, 0.05) is 54.1 Å². The second-order valence-corrected chi connectivity index (χ2v) is 7.24. The maximum atomic E-state index is 12.8. The Labute approximate surface area is 158 Å². The standard InChI is InChI=1S/C17H13Cl2N3O2S/c18-11-3-12-15(23)10(8-24-16(12)13(19)4-11)7-22-2-1-14-9(6-22)5-20-17(25)21-14/h3-5,8H,1-2,6-7H2,(H,20,21,25). The van der Waals surface area contributed by atoms with E-state index in [-0.39, 0.29) is 5.43 Å². The summed E-state index contributed by atoms with van der Waals surface area (Å²) in [6.07, 6.45) is 4.11. The Balaban J connectivity index is 1.65. The average molecular weight is 394 g/mol. The van der Waals surface area contributed by atoms with Crippen molar-refractivity contribution in [3.05, 3.63) is 66.5 Å². The molecule has 25 heavy (non-hydrogen) atoms. The first-order valence-electron chi connectivity index (χ1n) is 7.70. The predicted molar refractivity (Wildman–Crippen MR) is 99.7 cm³/mol. The summed E-state index contributed by atoms with van der Waals surface area (Å²) in [5.74, 6) is 0. The molecule has 0 unspecified atom stereocenters. The number of H-pyrrole nitrogens is 1. The third-order valence-electron chi connectivity index (χ3n) is 4.31. The molecule has 0 bridgehead atoms. The van der Waals surface area contributed by atoms with Gasteiger partial charge in [0.25, 0.3) is 0 Å².